The fourth-order valence-electron chi connectivity index (χ4n) is 1.56. The quantitative estimate of drug-likeness (QED) is 0.362. The van der Waals surface area contributed by atoms with Gasteiger partial charge >= 0.3 is 11.9 Å². The van der Waals surface area contributed by atoms with Crippen LogP contribution in [0.3, 0.4) is 0 Å². The van der Waals surface area contributed by atoms with Crippen LogP contribution in [0.25, 0.3) is 0 Å². The van der Waals surface area contributed by atoms with Gasteiger partial charge in [0, 0.05) is 6.42 Å². The van der Waals surface area contributed by atoms with Gasteiger partial charge in [0.1, 0.15) is 5.75 Å². The van der Waals surface area contributed by atoms with E-state index >= 15 is 0 Å². The summed E-state index contributed by atoms with van der Waals surface area (Å²) in [4.78, 5) is 19.5. The van der Waals surface area contributed by atoms with Crippen LogP contribution in [0.2, 0.25) is 0 Å². The standard InChI is InChI=1S/C8H8O2.C7H8O3S.C3H6O2.C2H6O3S.2C2H6/c9-8(10)6-7-4-2-1-3-5-7;8-11(9,10)6-7-4-2-1-3-5-7;1-2-3(4)5;1-2-6(3,4)5;2*1-2/h1-5H,6H2,(H,9,10);1-5H,6H2,(H,8,9,10);2H2,1H3,(H,4,5);2H2,1H3,(H,3,4,5);2*1-2H3. The smallest absolute Gasteiger partial charge is 0.307 e. The summed E-state index contributed by atoms with van der Waals surface area (Å²) in [6.07, 6.45) is 0.334. The molecule has 0 unspecified atom stereocenters. The molecule has 0 atom stereocenters. The van der Waals surface area contributed by atoms with Crippen molar-refractivity contribution in [2.45, 2.75) is 60.1 Å². The van der Waals surface area contributed by atoms with Crippen molar-refractivity contribution in [3.8, 4) is 0 Å². The topological polar surface area (TPSA) is 183 Å². The number of carboxylic acids is 2. The van der Waals surface area contributed by atoms with Crippen molar-refractivity contribution >= 4 is 32.2 Å². The summed E-state index contributed by atoms with van der Waals surface area (Å²) in [6.45, 7) is 11.0. The SMILES string of the molecule is CC.CC.CCC(=O)O.CCS(=O)(=O)O.O=C(O)Cc1ccccc1.O=S(=O)(O)Cc1ccccc1. The summed E-state index contributed by atoms with van der Waals surface area (Å²) < 4.78 is 56.1. The number of hydrogen-bond donors (Lipinski definition) is 4. The second-order valence-electron chi connectivity index (χ2n) is 5.89. The molecular formula is C24H40O10S2. The Hall–Kier alpha value is -2.80. The van der Waals surface area contributed by atoms with Gasteiger partial charge in [-0.3, -0.25) is 18.7 Å². The Labute approximate surface area is 215 Å². The van der Waals surface area contributed by atoms with Gasteiger partial charge in [0.15, 0.2) is 0 Å². The molecule has 0 aromatic heterocycles. The van der Waals surface area contributed by atoms with E-state index in [9.17, 15) is 26.4 Å². The lowest BCUT2D eigenvalue weighted by molar-refractivity contribution is -0.137. The molecule has 0 saturated heterocycles. The number of hydrogen-bond acceptors (Lipinski definition) is 6. The van der Waals surface area contributed by atoms with E-state index in [2.05, 4.69) is 0 Å². The molecule has 0 aliphatic rings. The first-order chi connectivity index (χ1) is 16.7. The molecule has 0 saturated carbocycles. The summed E-state index contributed by atoms with van der Waals surface area (Å²) in [5.41, 5.74) is 1.44. The summed E-state index contributed by atoms with van der Waals surface area (Å²) in [5.74, 6) is -2.04. The molecule has 12 heteroatoms. The molecule has 208 valence electrons. The monoisotopic (exact) mass is 552 g/mol. The van der Waals surface area contributed by atoms with E-state index in [0.717, 1.165) is 5.56 Å². The third-order valence-electron chi connectivity index (χ3n) is 3.06. The Balaban J connectivity index is -0.000000189. The number of carbonyl (C=O) groups is 2. The Bertz CT molecular complexity index is 990. The number of carboxylic acid groups (broad SMARTS) is 2. The third-order valence-corrected chi connectivity index (χ3v) is 4.49. The first-order valence-corrected chi connectivity index (χ1v) is 14.3. The molecule has 0 bridgehead atoms. The van der Waals surface area contributed by atoms with Gasteiger partial charge in [0.25, 0.3) is 20.2 Å². The maximum absolute atomic E-state index is 10.4. The first-order valence-electron chi connectivity index (χ1n) is 11.1. The lowest BCUT2D eigenvalue weighted by Crippen LogP contribution is -2.00. The molecule has 0 aliphatic carbocycles. The Morgan fingerprint density at radius 1 is 0.639 bits per heavy atom. The second kappa shape index (κ2) is 25.3. The van der Waals surface area contributed by atoms with Crippen LogP contribution in [0.4, 0.5) is 0 Å². The molecule has 0 heterocycles. The minimum Gasteiger partial charge on any atom is -0.481 e. The van der Waals surface area contributed by atoms with Gasteiger partial charge in [-0.1, -0.05) is 95.3 Å². The predicted molar refractivity (Wildman–Crippen MR) is 142 cm³/mol. The highest BCUT2D eigenvalue weighted by molar-refractivity contribution is 7.85. The van der Waals surface area contributed by atoms with Gasteiger partial charge in [-0.25, -0.2) is 0 Å². The summed E-state index contributed by atoms with van der Waals surface area (Å²) >= 11 is 0. The minimum atomic E-state index is -3.88. The summed E-state index contributed by atoms with van der Waals surface area (Å²) in [7, 11) is -7.54. The molecule has 10 nitrogen and oxygen atoms in total. The minimum absolute atomic E-state index is 0.112. The van der Waals surface area contributed by atoms with Crippen molar-refractivity contribution in [1.29, 1.82) is 0 Å². The lowest BCUT2D eigenvalue weighted by Gasteiger charge is -1.95. The van der Waals surface area contributed by atoms with Gasteiger partial charge in [0.05, 0.1) is 12.2 Å². The molecule has 36 heavy (non-hydrogen) atoms. The Morgan fingerprint density at radius 2 is 0.944 bits per heavy atom. The van der Waals surface area contributed by atoms with Gasteiger partial charge in [0.2, 0.25) is 0 Å². The van der Waals surface area contributed by atoms with Gasteiger partial charge in [-0.05, 0) is 18.1 Å². The highest BCUT2D eigenvalue weighted by atomic mass is 32.2. The van der Waals surface area contributed by atoms with Gasteiger partial charge in [-0.2, -0.15) is 16.8 Å². The van der Waals surface area contributed by atoms with Crippen LogP contribution in [-0.4, -0.2) is 53.8 Å². The van der Waals surface area contributed by atoms with E-state index in [1.54, 1.807) is 49.4 Å². The molecule has 2 rings (SSSR count). The molecule has 0 aliphatic heterocycles. The fourth-order valence-corrected chi connectivity index (χ4v) is 2.17. The zero-order valence-corrected chi connectivity index (χ0v) is 23.3. The van der Waals surface area contributed by atoms with E-state index in [4.69, 9.17) is 19.3 Å². The van der Waals surface area contributed by atoms with Crippen LogP contribution in [0.15, 0.2) is 60.7 Å². The van der Waals surface area contributed by atoms with E-state index in [0.29, 0.717) is 5.56 Å². The van der Waals surface area contributed by atoms with Gasteiger partial charge < -0.3 is 10.2 Å². The molecule has 2 aromatic carbocycles. The molecule has 0 amide bonds. The zero-order valence-electron chi connectivity index (χ0n) is 21.7. The molecule has 0 spiro atoms. The second-order valence-corrected chi connectivity index (χ2v) is 9.08. The largest absolute Gasteiger partial charge is 0.481 e. The molecule has 0 fully saturated rings. The van der Waals surface area contributed by atoms with Crippen LogP contribution >= 0.6 is 0 Å². The zero-order chi connectivity index (χ0) is 29.2. The van der Waals surface area contributed by atoms with Crippen molar-refractivity contribution in [2.24, 2.45) is 0 Å². The van der Waals surface area contributed by atoms with Crippen LogP contribution < -0.4 is 0 Å². The van der Waals surface area contributed by atoms with Crippen molar-refractivity contribution in [3.63, 3.8) is 0 Å². The normalized spacial score (nSPS) is 9.33. The average Bonchev–Trinajstić information content (AvgIpc) is 2.82. The van der Waals surface area contributed by atoms with Crippen molar-refractivity contribution in [1.82, 2.24) is 0 Å². The molecule has 0 radical (unpaired) electrons. The summed E-state index contributed by atoms with van der Waals surface area (Å²) in [5, 5.41) is 16.1. The Kier molecular flexibility index (Phi) is 28.4. The van der Waals surface area contributed by atoms with E-state index in [1.165, 1.54) is 6.92 Å². The molecule has 4 N–H and O–H groups in total. The highest BCUT2D eigenvalue weighted by Gasteiger charge is 2.04. The fraction of sp³-hybridized carbons (Fsp3) is 0.417. The maximum atomic E-state index is 10.4. The summed E-state index contributed by atoms with van der Waals surface area (Å²) in [6, 6.07) is 17.7. The van der Waals surface area contributed by atoms with E-state index in [-0.39, 0.29) is 24.3 Å². The Morgan fingerprint density at radius 3 is 1.17 bits per heavy atom. The van der Waals surface area contributed by atoms with Gasteiger partial charge in [-0.15, -0.1) is 0 Å². The van der Waals surface area contributed by atoms with Crippen molar-refractivity contribution < 1.29 is 45.7 Å². The van der Waals surface area contributed by atoms with Crippen LogP contribution in [-0.2, 0) is 42.0 Å². The molecule has 2 aromatic rings. The maximum Gasteiger partial charge on any atom is 0.307 e. The molecular weight excluding hydrogens is 512 g/mol. The van der Waals surface area contributed by atoms with Crippen molar-refractivity contribution in [3.05, 3.63) is 71.8 Å². The number of aliphatic carboxylic acids is 2. The van der Waals surface area contributed by atoms with Crippen LogP contribution in [0, 0.1) is 0 Å². The van der Waals surface area contributed by atoms with E-state index in [1.807, 2.05) is 45.9 Å². The highest BCUT2D eigenvalue weighted by Crippen LogP contribution is 2.02. The van der Waals surface area contributed by atoms with Crippen LogP contribution in [0.5, 0.6) is 0 Å². The lowest BCUT2D eigenvalue weighted by atomic mass is 10.2. The van der Waals surface area contributed by atoms with Crippen LogP contribution in [0.1, 0.15) is 59.1 Å². The number of rotatable bonds is 6. The third kappa shape index (κ3) is 38.5. The van der Waals surface area contributed by atoms with E-state index < -0.39 is 32.2 Å². The average molecular weight is 553 g/mol. The van der Waals surface area contributed by atoms with Crippen molar-refractivity contribution in [2.75, 3.05) is 5.75 Å². The number of benzene rings is 2. The predicted octanol–water partition coefficient (Wildman–Crippen LogP) is 4.82. The first kappa shape index (κ1) is 40.4.